The Kier molecular flexibility index (Phi) is 6.30. The number of nitrogens with two attached hydrogens (primary N) is 1. The minimum atomic E-state index is -0.188. The van der Waals surface area contributed by atoms with Crippen molar-refractivity contribution in [3.63, 3.8) is 0 Å². The summed E-state index contributed by atoms with van der Waals surface area (Å²) in [7, 11) is 0. The number of carbonyl (C=O) groups is 1. The van der Waals surface area contributed by atoms with Gasteiger partial charge in [-0.05, 0) is 51.9 Å². The van der Waals surface area contributed by atoms with Crippen LogP contribution < -0.4 is 11.1 Å². The number of hydrogen-bond donors (Lipinski definition) is 2. The van der Waals surface area contributed by atoms with E-state index in [2.05, 4.69) is 31.0 Å². The van der Waals surface area contributed by atoms with Gasteiger partial charge in [0.2, 0.25) is 5.91 Å². The number of anilines is 2. The molecular formula is C15H24ClN3O. The van der Waals surface area contributed by atoms with E-state index < -0.39 is 0 Å². The zero-order chi connectivity index (χ0) is 15.3. The van der Waals surface area contributed by atoms with E-state index in [-0.39, 0.29) is 11.9 Å². The van der Waals surface area contributed by atoms with Gasteiger partial charge in [-0.3, -0.25) is 9.69 Å². The minimum Gasteiger partial charge on any atom is -0.397 e. The second-order valence-corrected chi connectivity index (χ2v) is 5.64. The Balaban J connectivity index is 2.75. The van der Waals surface area contributed by atoms with E-state index in [1.807, 2.05) is 6.92 Å². The fourth-order valence-electron chi connectivity index (χ4n) is 2.18. The van der Waals surface area contributed by atoms with Gasteiger partial charge in [0.1, 0.15) is 0 Å². The SMILES string of the molecule is CCCN(C(C)C)C(C)C(=O)Nc1ccc(Cl)c(N)c1. The lowest BCUT2D eigenvalue weighted by molar-refractivity contribution is -0.121. The first-order valence-electron chi connectivity index (χ1n) is 6.98. The summed E-state index contributed by atoms with van der Waals surface area (Å²) in [5, 5.41) is 3.38. The Morgan fingerprint density at radius 1 is 1.40 bits per heavy atom. The topological polar surface area (TPSA) is 58.4 Å². The number of nitrogens with one attached hydrogen (secondary N) is 1. The van der Waals surface area contributed by atoms with Gasteiger partial charge in [0.15, 0.2) is 0 Å². The number of hydrogen-bond acceptors (Lipinski definition) is 3. The average Bonchev–Trinajstić information content (AvgIpc) is 2.39. The fraction of sp³-hybridized carbons (Fsp3) is 0.533. The van der Waals surface area contributed by atoms with Crippen LogP contribution in [0.4, 0.5) is 11.4 Å². The molecule has 0 aliphatic carbocycles. The molecule has 1 atom stereocenters. The van der Waals surface area contributed by atoms with E-state index in [9.17, 15) is 4.79 Å². The molecule has 0 spiro atoms. The molecule has 0 fully saturated rings. The van der Waals surface area contributed by atoms with E-state index in [1.165, 1.54) is 0 Å². The Bertz CT molecular complexity index is 462. The number of nitrogens with zero attached hydrogens (tertiary/aromatic N) is 1. The van der Waals surface area contributed by atoms with Gasteiger partial charge in [0.05, 0.1) is 16.8 Å². The molecule has 20 heavy (non-hydrogen) atoms. The molecule has 0 heterocycles. The number of halogens is 1. The van der Waals surface area contributed by atoms with Crippen molar-refractivity contribution in [1.29, 1.82) is 0 Å². The summed E-state index contributed by atoms with van der Waals surface area (Å²) in [6.07, 6.45) is 1.02. The van der Waals surface area contributed by atoms with Crippen molar-refractivity contribution in [3.05, 3.63) is 23.2 Å². The van der Waals surface area contributed by atoms with Gasteiger partial charge in [-0.1, -0.05) is 18.5 Å². The van der Waals surface area contributed by atoms with Crippen LogP contribution in [0, 0.1) is 0 Å². The van der Waals surface area contributed by atoms with Crippen molar-refractivity contribution in [3.8, 4) is 0 Å². The third-order valence-corrected chi connectivity index (χ3v) is 3.63. The van der Waals surface area contributed by atoms with Crippen molar-refractivity contribution in [2.24, 2.45) is 0 Å². The summed E-state index contributed by atoms with van der Waals surface area (Å²) in [6.45, 7) is 9.12. The van der Waals surface area contributed by atoms with Crippen LogP contribution in [0.3, 0.4) is 0 Å². The standard InChI is InChI=1S/C15H24ClN3O/c1-5-8-19(10(2)3)11(4)15(20)18-12-6-7-13(16)14(17)9-12/h6-7,9-11H,5,8,17H2,1-4H3,(H,18,20). The van der Waals surface area contributed by atoms with Crippen LogP contribution in [-0.2, 0) is 4.79 Å². The van der Waals surface area contributed by atoms with Crippen molar-refractivity contribution in [2.45, 2.75) is 46.2 Å². The predicted molar refractivity (Wildman–Crippen MR) is 86.1 cm³/mol. The molecule has 1 unspecified atom stereocenters. The maximum atomic E-state index is 12.3. The van der Waals surface area contributed by atoms with Gasteiger partial charge in [0, 0.05) is 11.7 Å². The van der Waals surface area contributed by atoms with Crippen molar-refractivity contribution in [2.75, 3.05) is 17.6 Å². The van der Waals surface area contributed by atoms with E-state index in [1.54, 1.807) is 18.2 Å². The Labute approximate surface area is 126 Å². The van der Waals surface area contributed by atoms with E-state index in [0.717, 1.165) is 13.0 Å². The first-order chi connectivity index (χ1) is 9.36. The lowest BCUT2D eigenvalue weighted by Gasteiger charge is -2.31. The second-order valence-electron chi connectivity index (χ2n) is 5.23. The van der Waals surface area contributed by atoms with Gasteiger partial charge < -0.3 is 11.1 Å². The molecule has 0 saturated heterocycles. The highest BCUT2D eigenvalue weighted by Gasteiger charge is 2.22. The predicted octanol–water partition coefficient (Wildman–Crippen LogP) is 3.37. The Hall–Kier alpha value is -1.26. The number of carbonyl (C=O) groups excluding carboxylic acids is 1. The van der Waals surface area contributed by atoms with Crippen LogP contribution in [0.2, 0.25) is 5.02 Å². The molecule has 1 rings (SSSR count). The Morgan fingerprint density at radius 2 is 2.05 bits per heavy atom. The molecule has 1 amide bonds. The summed E-state index contributed by atoms with van der Waals surface area (Å²) < 4.78 is 0. The van der Waals surface area contributed by atoms with Crippen molar-refractivity contribution < 1.29 is 4.79 Å². The van der Waals surface area contributed by atoms with Gasteiger partial charge >= 0.3 is 0 Å². The molecule has 112 valence electrons. The number of nitrogen functional groups attached to an aromatic ring is 1. The summed E-state index contributed by atoms with van der Waals surface area (Å²) in [5.41, 5.74) is 6.87. The molecule has 0 bridgehead atoms. The normalized spacial score (nSPS) is 12.8. The molecule has 0 aromatic heterocycles. The fourth-order valence-corrected chi connectivity index (χ4v) is 2.29. The summed E-state index contributed by atoms with van der Waals surface area (Å²) in [5.74, 6) is -0.0335. The van der Waals surface area contributed by atoms with Crippen molar-refractivity contribution in [1.82, 2.24) is 4.90 Å². The first kappa shape index (κ1) is 16.8. The molecule has 0 radical (unpaired) electrons. The van der Waals surface area contributed by atoms with Gasteiger partial charge in [-0.15, -0.1) is 0 Å². The molecule has 3 N–H and O–H groups in total. The highest BCUT2D eigenvalue weighted by molar-refractivity contribution is 6.33. The third kappa shape index (κ3) is 4.39. The van der Waals surface area contributed by atoms with Crippen LogP contribution in [-0.4, -0.2) is 29.4 Å². The maximum absolute atomic E-state index is 12.3. The lowest BCUT2D eigenvalue weighted by Crippen LogP contribution is -2.46. The molecule has 0 aliphatic heterocycles. The smallest absolute Gasteiger partial charge is 0.241 e. The zero-order valence-corrected chi connectivity index (χ0v) is 13.4. The average molecular weight is 298 g/mol. The zero-order valence-electron chi connectivity index (χ0n) is 12.6. The Morgan fingerprint density at radius 3 is 2.55 bits per heavy atom. The molecule has 1 aromatic rings. The van der Waals surface area contributed by atoms with Crippen LogP contribution in [0.1, 0.15) is 34.1 Å². The van der Waals surface area contributed by atoms with Crippen LogP contribution in [0.5, 0.6) is 0 Å². The van der Waals surface area contributed by atoms with Gasteiger partial charge in [-0.25, -0.2) is 0 Å². The maximum Gasteiger partial charge on any atom is 0.241 e. The number of benzene rings is 1. The first-order valence-corrected chi connectivity index (χ1v) is 7.36. The summed E-state index contributed by atoms with van der Waals surface area (Å²) in [4.78, 5) is 14.5. The molecule has 0 aliphatic rings. The van der Waals surface area contributed by atoms with E-state index in [4.69, 9.17) is 17.3 Å². The molecule has 5 heteroatoms. The molecular weight excluding hydrogens is 274 g/mol. The van der Waals surface area contributed by atoms with E-state index in [0.29, 0.717) is 22.4 Å². The van der Waals surface area contributed by atoms with E-state index >= 15 is 0 Å². The number of amides is 1. The third-order valence-electron chi connectivity index (χ3n) is 3.29. The highest BCUT2D eigenvalue weighted by Crippen LogP contribution is 2.22. The highest BCUT2D eigenvalue weighted by atomic mass is 35.5. The van der Waals surface area contributed by atoms with Gasteiger partial charge in [0.25, 0.3) is 0 Å². The van der Waals surface area contributed by atoms with Crippen LogP contribution >= 0.6 is 11.6 Å². The van der Waals surface area contributed by atoms with Crippen LogP contribution in [0.25, 0.3) is 0 Å². The monoisotopic (exact) mass is 297 g/mol. The molecule has 1 aromatic carbocycles. The molecule has 4 nitrogen and oxygen atoms in total. The minimum absolute atomic E-state index is 0.0335. The van der Waals surface area contributed by atoms with Crippen LogP contribution in [0.15, 0.2) is 18.2 Å². The lowest BCUT2D eigenvalue weighted by atomic mass is 10.2. The second kappa shape index (κ2) is 7.50. The number of rotatable bonds is 6. The summed E-state index contributed by atoms with van der Waals surface area (Å²) >= 11 is 5.87. The quantitative estimate of drug-likeness (QED) is 0.792. The van der Waals surface area contributed by atoms with Gasteiger partial charge in [-0.2, -0.15) is 0 Å². The summed E-state index contributed by atoms with van der Waals surface area (Å²) in [6, 6.07) is 5.25. The van der Waals surface area contributed by atoms with Crippen molar-refractivity contribution >= 4 is 28.9 Å². The largest absolute Gasteiger partial charge is 0.397 e. The molecule has 0 saturated carbocycles.